The molecule has 154 valence electrons. The summed E-state index contributed by atoms with van der Waals surface area (Å²) in [6.45, 7) is 15.6. The van der Waals surface area contributed by atoms with Gasteiger partial charge in [-0.25, -0.2) is 0 Å². The lowest BCUT2D eigenvalue weighted by molar-refractivity contribution is 0.0487. The van der Waals surface area contributed by atoms with Crippen LogP contribution in [-0.2, 0) is 9.47 Å². The van der Waals surface area contributed by atoms with Crippen LogP contribution in [0.2, 0.25) is 0 Å². The third-order valence-corrected chi connectivity index (χ3v) is 4.48. The lowest BCUT2D eigenvalue weighted by Crippen LogP contribution is -2.40. The lowest BCUT2D eigenvalue weighted by Gasteiger charge is -2.28. The second kappa shape index (κ2) is 16.3. The molecule has 1 unspecified atom stereocenters. The number of nitrogens with zero attached hydrogens (tertiary/aromatic N) is 2. The molecule has 0 aromatic rings. The van der Waals surface area contributed by atoms with Crippen LogP contribution in [0.4, 0.5) is 0 Å². The summed E-state index contributed by atoms with van der Waals surface area (Å²) in [6, 6.07) is 0. The summed E-state index contributed by atoms with van der Waals surface area (Å²) in [4.78, 5) is 7.32. The molecular formula is C20H42N4O2. The van der Waals surface area contributed by atoms with Crippen LogP contribution in [0.3, 0.4) is 0 Å². The molecule has 1 aliphatic rings. The van der Waals surface area contributed by atoms with Gasteiger partial charge in [0.05, 0.1) is 19.8 Å². The van der Waals surface area contributed by atoms with Crippen molar-refractivity contribution in [3.05, 3.63) is 0 Å². The Morgan fingerprint density at radius 3 is 2.42 bits per heavy atom. The SMILES string of the molecule is CCCCOCCOCCNC(=NCC(C)CN1CCCCC1)NCC. The van der Waals surface area contributed by atoms with Gasteiger partial charge in [-0.2, -0.15) is 0 Å². The van der Waals surface area contributed by atoms with Gasteiger partial charge in [0.1, 0.15) is 0 Å². The van der Waals surface area contributed by atoms with E-state index >= 15 is 0 Å². The molecule has 0 saturated carbocycles. The van der Waals surface area contributed by atoms with Crippen LogP contribution >= 0.6 is 0 Å². The predicted molar refractivity (Wildman–Crippen MR) is 110 cm³/mol. The highest BCUT2D eigenvalue weighted by Crippen LogP contribution is 2.11. The zero-order valence-corrected chi connectivity index (χ0v) is 17.4. The van der Waals surface area contributed by atoms with E-state index < -0.39 is 0 Å². The third-order valence-electron chi connectivity index (χ3n) is 4.48. The highest BCUT2D eigenvalue weighted by molar-refractivity contribution is 5.79. The number of unbranched alkanes of at least 4 members (excludes halogenated alkanes) is 1. The maximum atomic E-state index is 5.59. The van der Waals surface area contributed by atoms with Gasteiger partial charge in [-0.15, -0.1) is 0 Å². The predicted octanol–water partition coefficient (Wildman–Crippen LogP) is 2.50. The number of rotatable bonds is 14. The molecule has 26 heavy (non-hydrogen) atoms. The van der Waals surface area contributed by atoms with E-state index in [0.29, 0.717) is 25.7 Å². The fourth-order valence-electron chi connectivity index (χ4n) is 3.04. The summed E-state index contributed by atoms with van der Waals surface area (Å²) in [7, 11) is 0. The summed E-state index contributed by atoms with van der Waals surface area (Å²) in [6.07, 6.45) is 6.40. The molecule has 1 atom stereocenters. The van der Waals surface area contributed by atoms with Gasteiger partial charge in [-0.1, -0.05) is 26.7 Å². The van der Waals surface area contributed by atoms with Crippen LogP contribution in [0.25, 0.3) is 0 Å². The first-order chi connectivity index (χ1) is 12.8. The number of nitrogens with one attached hydrogen (secondary N) is 2. The van der Waals surface area contributed by atoms with Gasteiger partial charge in [-0.3, -0.25) is 4.99 Å². The Bertz CT molecular complexity index is 347. The summed E-state index contributed by atoms with van der Waals surface area (Å²) < 4.78 is 11.1. The van der Waals surface area contributed by atoms with Gasteiger partial charge in [0.15, 0.2) is 5.96 Å². The summed E-state index contributed by atoms with van der Waals surface area (Å²) in [5, 5.41) is 6.66. The second-order valence-electron chi connectivity index (χ2n) is 7.19. The van der Waals surface area contributed by atoms with E-state index in [0.717, 1.165) is 45.2 Å². The molecule has 0 aromatic heterocycles. The minimum absolute atomic E-state index is 0.583. The van der Waals surface area contributed by atoms with E-state index in [1.165, 1.54) is 38.8 Å². The van der Waals surface area contributed by atoms with E-state index in [9.17, 15) is 0 Å². The lowest BCUT2D eigenvalue weighted by atomic mass is 10.1. The first kappa shape index (κ1) is 23.2. The van der Waals surface area contributed by atoms with Gasteiger partial charge < -0.3 is 25.0 Å². The van der Waals surface area contributed by atoms with Crippen molar-refractivity contribution in [3.8, 4) is 0 Å². The van der Waals surface area contributed by atoms with E-state index in [1.54, 1.807) is 0 Å². The quantitative estimate of drug-likeness (QED) is 0.279. The first-order valence-corrected chi connectivity index (χ1v) is 10.7. The average Bonchev–Trinajstić information content (AvgIpc) is 2.65. The minimum atomic E-state index is 0.583. The van der Waals surface area contributed by atoms with Crippen molar-refractivity contribution < 1.29 is 9.47 Å². The number of hydrogen-bond acceptors (Lipinski definition) is 4. The molecule has 0 amide bonds. The zero-order valence-electron chi connectivity index (χ0n) is 17.4. The molecule has 0 aliphatic carbocycles. The number of ether oxygens (including phenoxy) is 2. The Morgan fingerprint density at radius 1 is 1.00 bits per heavy atom. The fraction of sp³-hybridized carbons (Fsp3) is 0.950. The maximum Gasteiger partial charge on any atom is 0.191 e. The molecular weight excluding hydrogens is 328 g/mol. The van der Waals surface area contributed by atoms with Crippen LogP contribution in [0.1, 0.15) is 52.9 Å². The van der Waals surface area contributed by atoms with Crippen LogP contribution in [0, 0.1) is 5.92 Å². The number of piperidine rings is 1. The number of hydrogen-bond donors (Lipinski definition) is 2. The molecule has 6 heteroatoms. The monoisotopic (exact) mass is 370 g/mol. The van der Waals surface area contributed by atoms with E-state index in [1.807, 2.05) is 0 Å². The summed E-state index contributed by atoms with van der Waals surface area (Å²) in [5.41, 5.74) is 0. The fourth-order valence-corrected chi connectivity index (χ4v) is 3.04. The molecule has 1 fully saturated rings. The average molecular weight is 371 g/mol. The minimum Gasteiger partial charge on any atom is -0.379 e. The second-order valence-corrected chi connectivity index (χ2v) is 7.19. The van der Waals surface area contributed by atoms with Crippen LogP contribution in [0.15, 0.2) is 4.99 Å². The zero-order chi connectivity index (χ0) is 18.9. The molecule has 0 radical (unpaired) electrons. The highest BCUT2D eigenvalue weighted by atomic mass is 16.5. The summed E-state index contributed by atoms with van der Waals surface area (Å²) >= 11 is 0. The van der Waals surface area contributed by atoms with Crippen molar-refractivity contribution in [1.29, 1.82) is 0 Å². The molecule has 2 N–H and O–H groups in total. The van der Waals surface area contributed by atoms with Crippen LogP contribution < -0.4 is 10.6 Å². The molecule has 1 saturated heterocycles. The highest BCUT2D eigenvalue weighted by Gasteiger charge is 2.13. The largest absolute Gasteiger partial charge is 0.379 e. The summed E-state index contributed by atoms with van der Waals surface area (Å²) in [5.74, 6) is 1.47. The number of likely N-dealkylation sites (tertiary alicyclic amines) is 1. The molecule has 1 aliphatic heterocycles. The topological polar surface area (TPSA) is 58.1 Å². The van der Waals surface area contributed by atoms with E-state index in [2.05, 4.69) is 36.3 Å². The van der Waals surface area contributed by atoms with Crippen molar-refractivity contribution in [2.24, 2.45) is 10.9 Å². The van der Waals surface area contributed by atoms with E-state index in [4.69, 9.17) is 14.5 Å². The Morgan fingerprint density at radius 2 is 1.73 bits per heavy atom. The smallest absolute Gasteiger partial charge is 0.191 e. The number of aliphatic imine (C=N–C) groups is 1. The Hall–Kier alpha value is -0.850. The standard InChI is InChI=1S/C20H42N4O2/c1-4-6-13-25-15-16-26-14-10-22-20(21-5-2)23-17-19(3)18-24-11-8-7-9-12-24/h19H,4-18H2,1-3H3,(H2,21,22,23). The normalized spacial score (nSPS) is 17.3. The molecule has 1 heterocycles. The first-order valence-electron chi connectivity index (χ1n) is 10.7. The van der Waals surface area contributed by atoms with Gasteiger partial charge in [0.25, 0.3) is 0 Å². The van der Waals surface area contributed by atoms with Crippen molar-refractivity contribution in [3.63, 3.8) is 0 Å². The third kappa shape index (κ3) is 12.5. The van der Waals surface area contributed by atoms with Crippen molar-refractivity contribution in [2.75, 3.05) is 65.7 Å². The Labute approximate surface area is 161 Å². The maximum absolute atomic E-state index is 5.59. The number of guanidine groups is 1. The molecule has 0 bridgehead atoms. The van der Waals surface area contributed by atoms with Crippen LogP contribution in [0.5, 0.6) is 0 Å². The van der Waals surface area contributed by atoms with Gasteiger partial charge >= 0.3 is 0 Å². The molecule has 0 aromatic carbocycles. The Kier molecular flexibility index (Phi) is 14.6. The van der Waals surface area contributed by atoms with Crippen molar-refractivity contribution in [2.45, 2.75) is 52.9 Å². The van der Waals surface area contributed by atoms with Gasteiger partial charge in [0, 0.05) is 32.8 Å². The Balaban J connectivity index is 2.11. The molecule has 0 spiro atoms. The van der Waals surface area contributed by atoms with Gasteiger partial charge in [0.2, 0.25) is 0 Å². The van der Waals surface area contributed by atoms with E-state index in [-0.39, 0.29) is 0 Å². The molecule has 1 rings (SSSR count). The van der Waals surface area contributed by atoms with Crippen molar-refractivity contribution in [1.82, 2.24) is 15.5 Å². The molecule has 6 nitrogen and oxygen atoms in total. The van der Waals surface area contributed by atoms with Gasteiger partial charge in [-0.05, 0) is 45.2 Å². The van der Waals surface area contributed by atoms with Crippen molar-refractivity contribution >= 4 is 5.96 Å². The van der Waals surface area contributed by atoms with Crippen LogP contribution in [-0.4, -0.2) is 76.6 Å².